The molecule has 1 aliphatic rings. The predicted octanol–water partition coefficient (Wildman–Crippen LogP) is 1.21. The van der Waals surface area contributed by atoms with E-state index in [0.717, 1.165) is 25.0 Å². The first-order valence-corrected chi connectivity index (χ1v) is 4.22. The molecule has 0 saturated carbocycles. The fourth-order valence-corrected chi connectivity index (χ4v) is 1.05. The first kappa shape index (κ1) is 8.97. The van der Waals surface area contributed by atoms with Crippen molar-refractivity contribution >= 4 is 12.1 Å². The molecule has 0 unspecified atom stereocenters. The summed E-state index contributed by atoms with van der Waals surface area (Å²) in [5.74, 6) is 0.106. The van der Waals surface area contributed by atoms with Crippen LogP contribution in [0.15, 0.2) is 16.8 Å². The Balaban J connectivity index is 2.63. The smallest absolute Gasteiger partial charge is 0.251 e. The second kappa shape index (κ2) is 4.04. The molecule has 3 nitrogen and oxygen atoms in total. The second-order valence-corrected chi connectivity index (χ2v) is 2.84. The quantitative estimate of drug-likeness (QED) is 0.607. The zero-order valence-corrected chi connectivity index (χ0v) is 7.58. The van der Waals surface area contributed by atoms with E-state index in [9.17, 15) is 4.79 Å². The van der Waals surface area contributed by atoms with Gasteiger partial charge in [0.05, 0.1) is 0 Å². The van der Waals surface area contributed by atoms with Crippen molar-refractivity contribution in [2.24, 2.45) is 4.99 Å². The number of hydrogen-bond donors (Lipinski definition) is 0. The molecule has 0 fully saturated rings. The predicted molar refractivity (Wildman–Crippen MR) is 49.1 cm³/mol. The molecular formula is C9H14N2O. The van der Waals surface area contributed by atoms with E-state index >= 15 is 0 Å². The lowest BCUT2D eigenvalue weighted by Crippen LogP contribution is -2.28. The Kier molecular flexibility index (Phi) is 3.02. The minimum absolute atomic E-state index is 0.106. The normalized spacial score (nSPS) is 15.7. The number of carbonyl (C=O) groups excluding carboxylic acids is 1. The Bertz CT molecular complexity index is 231. The third-order valence-corrected chi connectivity index (χ3v) is 1.97. The fourth-order valence-electron chi connectivity index (χ4n) is 1.05. The van der Waals surface area contributed by atoms with Crippen molar-refractivity contribution in [2.45, 2.75) is 19.8 Å². The maximum Gasteiger partial charge on any atom is 0.251 e. The molecule has 0 aromatic heterocycles. The SMILES string of the molecule is CCN(C)C(=O)C1=CN=CCC1. The Morgan fingerprint density at radius 1 is 1.75 bits per heavy atom. The molecule has 0 N–H and O–H groups in total. The average molecular weight is 166 g/mol. The van der Waals surface area contributed by atoms with Crippen LogP contribution in [0.4, 0.5) is 0 Å². The van der Waals surface area contributed by atoms with Gasteiger partial charge in [-0.15, -0.1) is 0 Å². The van der Waals surface area contributed by atoms with Gasteiger partial charge in [0.25, 0.3) is 5.91 Å². The van der Waals surface area contributed by atoms with Gasteiger partial charge in [0, 0.05) is 31.6 Å². The van der Waals surface area contributed by atoms with Gasteiger partial charge in [-0.05, 0) is 19.8 Å². The first-order chi connectivity index (χ1) is 5.75. The van der Waals surface area contributed by atoms with Crippen LogP contribution in [0.1, 0.15) is 19.8 Å². The van der Waals surface area contributed by atoms with Gasteiger partial charge in [0.1, 0.15) is 0 Å². The van der Waals surface area contributed by atoms with Gasteiger partial charge in [-0.2, -0.15) is 0 Å². The molecule has 1 amide bonds. The number of amides is 1. The summed E-state index contributed by atoms with van der Waals surface area (Å²) in [5, 5.41) is 0. The summed E-state index contributed by atoms with van der Waals surface area (Å²) in [6.45, 7) is 2.71. The molecule has 0 aromatic carbocycles. The Labute approximate surface area is 72.8 Å². The van der Waals surface area contributed by atoms with Crippen LogP contribution in [-0.2, 0) is 4.79 Å². The highest BCUT2D eigenvalue weighted by molar-refractivity contribution is 5.94. The van der Waals surface area contributed by atoms with Gasteiger partial charge >= 0.3 is 0 Å². The lowest BCUT2D eigenvalue weighted by Gasteiger charge is -2.16. The van der Waals surface area contributed by atoms with Crippen LogP contribution in [0.2, 0.25) is 0 Å². The zero-order valence-electron chi connectivity index (χ0n) is 7.58. The summed E-state index contributed by atoms with van der Waals surface area (Å²) in [5.41, 5.74) is 0.821. The highest BCUT2D eigenvalue weighted by Crippen LogP contribution is 2.11. The van der Waals surface area contributed by atoms with Crippen molar-refractivity contribution in [3.63, 3.8) is 0 Å². The Hall–Kier alpha value is -1.12. The van der Waals surface area contributed by atoms with Crippen LogP contribution in [0, 0.1) is 0 Å². The minimum Gasteiger partial charge on any atom is -0.342 e. The first-order valence-electron chi connectivity index (χ1n) is 4.22. The van der Waals surface area contributed by atoms with Crippen LogP contribution in [-0.4, -0.2) is 30.6 Å². The summed E-state index contributed by atoms with van der Waals surface area (Å²) in [6, 6.07) is 0. The molecule has 0 radical (unpaired) electrons. The summed E-state index contributed by atoms with van der Waals surface area (Å²) >= 11 is 0. The summed E-state index contributed by atoms with van der Waals surface area (Å²) in [4.78, 5) is 17.2. The lowest BCUT2D eigenvalue weighted by molar-refractivity contribution is -0.125. The molecule has 1 heterocycles. The van der Waals surface area contributed by atoms with Crippen molar-refractivity contribution in [1.82, 2.24) is 4.90 Å². The molecule has 0 aliphatic carbocycles. The third-order valence-electron chi connectivity index (χ3n) is 1.97. The zero-order chi connectivity index (χ0) is 8.97. The highest BCUT2D eigenvalue weighted by Gasteiger charge is 2.13. The van der Waals surface area contributed by atoms with E-state index in [2.05, 4.69) is 4.99 Å². The summed E-state index contributed by atoms with van der Waals surface area (Å²) in [6.07, 6.45) is 5.21. The number of nitrogens with zero attached hydrogens (tertiary/aromatic N) is 2. The van der Waals surface area contributed by atoms with Crippen molar-refractivity contribution in [1.29, 1.82) is 0 Å². The maximum atomic E-state index is 11.5. The number of hydrogen-bond acceptors (Lipinski definition) is 2. The van der Waals surface area contributed by atoms with E-state index < -0.39 is 0 Å². The summed E-state index contributed by atoms with van der Waals surface area (Å²) < 4.78 is 0. The van der Waals surface area contributed by atoms with Gasteiger partial charge in [0.15, 0.2) is 0 Å². The van der Waals surface area contributed by atoms with E-state index in [1.807, 2.05) is 20.2 Å². The third kappa shape index (κ3) is 1.94. The average Bonchev–Trinajstić information content (AvgIpc) is 2.17. The molecule has 0 saturated heterocycles. The van der Waals surface area contributed by atoms with E-state index in [4.69, 9.17) is 0 Å². The van der Waals surface area contributed by atoms with Gasteiger partial charge < -0.3 is 4.90 Å². The molecule has 1 rings (SSSR count). The van der Waals surface area contributed by atoms with Gasteiger partial charge in [-0.3, -0.25) is 9.79 Å². The topological polar surface area (TPSA) is 32.7 Å². The van der Waals surface area contributed by atoms with Crippen molar-refractivity contribution < 1.29 is 4.79 Å². The summed E-state index contributed by atoms with van der Waals surface area (Å²) in [7, 11) is 1.81. The largest absolute Gasteiger partial charge is 0.342 e. The number of carbonyl (C=O) groups is 1. The van der Waals surface area contributed by atoms with Crippen LogP contribution in [0.5, 0.6) is 0 Å². The highest BCUT2D eigenvalue weighted by atomic mass is 16.2. The van der Waals surface area contributed by atoms with Crippen molar-refractivity contribution in [3.05, 3.63) is 11.8 Å². The van der Waals surface area contributed by atoms with E-state index in [-0.39, 0.29) is 5.91 Å². The van der Waals surface area contributed by atoms with Crippen LogP contribution >= 0.6 is 0 Å². The maximum absolute atomic E-state index is 11.5. The molecule has 3 heteroatoms. The monoisotopic (exact) mass is 166 g/mol. The van der Waals surface area contributed by atoms with E-state index in [1.54, 1.807) is 11.1 Å². The van der Waals surface area contributed by atoms with E-state index in [1.165, 1.54) is 0 Å². The number of likely N-dealkylation sites (N-methyl/N-ethyl adjacent to an activating group) is 1. The molecule has 0 spiro atoms. The van der Waals surface area contributed by atoms with Gasteiger partial charge in [-0.25, -0.2) is 0 Å². The van der Waals surface area contributed by atoms with Crippen LogP contribution < -0.4 is 0 Å². The van der Waals surface area contributed by atoms with Crippen LogP contribution in [0.3, 0.4) is 0 Å². The molecule has 1 aliphatic heterocycles. The molecule has 66 valence electrons. The molecule has 12 heavy (non-hydrogen) atoms. The Morgan fingerprint density at radius 3 is 3.00 bits per heavy atom. The van der Waals surface area contributed by atoms with Crippen molar-refractivity contribution in [2.75, 3.05) is 13.6 Å². The van der Waals surface area contributed by atoms with Gasteiger partial charge in [-0.1, -0.05) is 0 Å². The fraction of sp³-hybridized carbons (Fsp3) is 0.556. The molecule has 0 aromatic rings. The molecular weight excluding hydrogens is 152 g/mol. The van der Waals surface area contributed by atoms with Gasteiger partial charge in [0.2, 0.25) is 0 Å². The standard InChI is InChI=1S/C9H14N2O/c1-3-11(2)9(12)8-5-4-6-10-7-8/h6-7H,3-5H2,1-2H3. The van der Waals surface area contributed by atoms with Crippen LogP contribution in [0.25, 0.3) is 0 Å². The molecule has 0 atom stereocenters. The lowest BCUT2D eigenvalue weighted by atomic mass is 10.1. The number of aliphatic imine (C=N–C) groups is 1. The number of rotatable bonds is 2. The minimum atomic E-state index is 0.106. The second-order valence-electron chi connectivity index (χ2n) is 2.84. The molecule has 0 bridgehead atoms. The van der Waals surface area contributed by atoms with E-state index in [0.29, 0.717) is 0 Å². The van der Waals surface area contributed by atoms with Crippen molar-refractivity contribution in [3.8, 4) is 0 Å². The Morgan fingerprint density at radius 2 is 2.50 bits per heavy atom.